The number of aromatic nitrogens is 1. The second-order valence-electron chi connectivity index (χ2n) is 6.97. The van der Waals surface area contributed by atoms with Crippen LogP contribution in [0.3, 0.4) is 0 Å². The van der Waals surface area contributed by atoms with Gasteiger partial charge >= 0.3 is 0 Å². The van der Waals surface area contributed by atoms with Crippen molar-refractivity contribution in [3.8, 4) is 0 Å². The number of likely N-dealkylation sites (tertiary alicyclic amines) is 1. The Balaban J connectivity index is 1.37. The van der Waals surface area contributed by atoms with Gasteiger partial charge in [0.15, 0.2) is 0 Å². The van der Waals surface area contributed by atoms with Crippen LogP contribution in [0.2, 0.25) is 0 Å². The predicted octanol–water partition coefficient (Wildman–Crippen LogP) is 1.35. The fraction of sp³-hybridized carbons (Fsp3) is 0.800. The molecule has 8 heteroatoms. The number of rotatable bonds is 5. The van der Waals surface area contributed by atoms with Crippen LogP contribution in [0.25, 0.3) is 0 Å². The number of ether oxygens (including phenoxy) is 1. The highest BCUT2D eigenvalue weighted by atomic mass is 32.2. The van der Waals surface area contributed by atoms with Gasteiger partial charge < -0.3 is 4.74 Å². The smallest absolute Gasteiger partial charge is 0.214 e. The first-order valence-electron chi connectivity index (χ1n) is 8.31. The Kier molecular flexibility index (Phi) is 4.21. The van der Waals surface area contributed by atoms with Crippen molar-refractivity contribution < 1.29 is 13.2 Å². The van der Waals surface area contributed by atoms with E-state index in [1.54, 1.807) is 11.3 Å². The van der Waals surface area contributed by atoms with E-state index in [1.165, 1.54) is 0 Å². The van der Waals surface area contributed by atoms with Gasteiger partial charge in [0.1, 0.15) is 5.01 Å². The molecule has 3 heterocycles. The molecule has 1 N–H and O–H groups in total. The van der Waals surface area contributed by atoms with Gasteiger partial charge in [-0.2, -0.15) is 0 Å². The molecule has 0 bridgehead atoms. The molecule has 0 radical (unpaired) electrons. The van der Waals surface area contributed by atoms with Crippen molar-refractivity contribution in [2.45, 2.75) is 55.5 Å². The van der Waals surface area contributed by atoms with E-state index in [1.807, 2.05) is 11.6 Å². The molecule has 0 unspecified atom stereocenters. The summed E-state index contributed by atoms with van der Waals surface area (Å²) in [4.78, 5) is 6.72. The maximum absolute atomic E-state index is 12.2. The van der Waals surface area contributed by atoms with Crippen molar-refractivity contribution in [3.63, 3.8) is 0 Å². The lowest BCUT2D eigenvalue weighted by molar-refractivity contribution is -0.0779. The number of nitrogens with one attached hydrogen (secondary N) is 1. The molecule has 0 aromatic carbocycles. The minimum absolute atomic E-state index is 0.0224. The standard InChI is InChI=1S/C15H23N3O3S2/c19-23(20,13-1-2-13)17-12-3-7-21-15(9-12)4-6-18(11-15)10-14-16-5-8-22-14/h5,8,12-13,17H,1-4,6-7,9-11H2/t12-,15+/m0/s1. The molecule has 23 heavy (non-hydrogen) atoms. The van der Waals surface area contributed by atoms with Crippen LogP contribution in [-0.4, -0.2) is 54.9 Å². The number of thiazole rings is 1. The Labute approximate surface area is 141 Å². The van der Waals surface area contributed by atoms with Crippen LogP contribution in [0.5, 0.6) is 0 Å². The molecular weight excluding hydrogens is 334 g/mol. The average molecular weight is 358 g/mol. The van der Waals surface area contributed by atoms with Crippen molar-refractivity contribution in [1.82, 2.24) is 14.6 Å². The second kappa shape index (κ2) is 6.07. The first-order valence-corrected chi connectivity index (χ1v) is 10.7. The number of nitrogens with zero attached hydrogens (tertiary/aromatic N) is 2. The molecule has 1 aromatic rings. The molecule has 1 spiro atoms. The molecular formula is C15H23N3O3S2. The van der Waals surface area contributed by atoms with Crippen molar-refractivity contribution in [2.75, 3.05) is 19.7 Å². The van der Waals surface area contributed by atoms with Crippen LogP contribution in [0.4, 0.5) is 0 Å². The van der Waals surface area contributed by atoms with Gasteiger partial charge in [-0.25, -0.2) is 18.1 Å². The number of hydrogen-bond acceptors (Lipinski definition) is 6. The van der Waals surface area contributed by atoms with Gasteiger partial charge in [0.05, 0.1) is 17.4 Å². The first-order chi connectivity index (χ1) is 11.0. The van der Waals surface area contributed by atoms with Gasteiger partial charge in [0, 0.05) is 37.3 Å². The third-order valence-corrected chi connectivity index (χ3v) is 7.80. The summed E-state index contributed by atoms with van der Waals surface area (Å²) in [6.45, 7) is 3.36. The summed E-state index contributed by atoms with van der Waals surface area (Å²) in [5.74, 6) is 0. The Morgan fingerprint density at radius 2 is 2.30 bits per heavy atom. The van der Waals surface area contributed by atoms with Gasteiger partial charge in [0.2, 0.25) is 10.0 Å². The normalized spacial score (nSPS) is 32.6. The zero-order valence-corrected chi connectivity index (χ0v) is 14.7. The van der Waals surface area contributed by atoms with E-state index < -0.39 is 10.0 Å². The lowest BCUT2D eigenvalue weighted by atomic mass is 9.90. The summed E-state index contributed by atoms with van der Waals surface area (Å²) in [6, 6.07) is 0.0224. The molecule has 1 aliphatic carbocycles. The molecule has 1 saturated carbocycles. The van der Waals surface area contributed by atoms with Crippen LogP contribution in [0, 0.1) is 0 Å². The van der Waals surface area contributed by atoms with Gasteiger partial charge in [-0.3, -0.25) is 4.90 Å². The molecule has 6 nitrogen and oxygen atoms in total. The van der Waals surface area contributed by atoms with Crippen LogP contribution < -0.4 is 4.72 Å². The molecule has 2 atom stereocenters. The molecule has 1 aromatic heterocycles. The van der Waals surface area contributed by atoms with Crippen LogP contribution >= 0.6 is 11.3 Å². The molecule has 0 amide bonds. The van der Waals surface area contributed by atoms with Crippen molar-refractivity contribution in [2.24, 2.45) is 0 Å². The summed E-state index contributed by atoms with van der Waals surface area (Å²) in [6.07, 6.45) is 6.00. The van der Waals surface area contributed by atoms with E-state index in [-0.39, 0.29) is 16.9 Å². The number of hydrogen-bond donors (Lipinski definition) is 1. The highest BCUT2D eigenvalue weighted by Gasteiger charge is 2.45. The molecule has 3 aliphatic rings. The quantitative estimate of drug-likeness (QED) is 0.861. The highest BCUT2D eigenvalue weighted by Crippen LogP contribution is 2.36. The second-order valence-corrected chi connectivity index (χ2v) is 9.94. The van der Waals surface area contributed by atoms with E-state index in [2.05, 4.69) is 14.6 Å². The van der Waals surface area contributed by atoms with E-state index in [0.29, 0.717) is 6.61 Å². The van der Waals surface area contributed by atoms with Crippen molar-refractivity contribution in [1.29, 1.82) is 0 Å². The maximum Gasteiger partial charge on any atom is 0.214 e. The summed E-state index contributed by atoms with van der Waals surface area (Å²) in [7, 11) is -3.11. The first kappa shape index (κ1) is 16.0. The summed E-state index contributed by atoms with van der Waals surface area (Å²) in [5.41, 5.74) is -0.188. The zero-order valence-electron chi connectivity index (χ0n) is 13.1. The van der Waals surface area contributed by atoms with Crippen molar-refractivity contribution >= 4 is 21.4 Å². The third kappa shape index (κ3) is 3.61. The highest BCUT2D eigenvalue weighted by molar-refractivity contribution is 7.90. The van der Waals surface area contributed by atoms with Gasteiger partial charge in [-0.15, -0.1) is 11.3 Å². The summed E-state index contributed by atoms with van der Waals surface area (Å²) in [5, 5.41) is 2.98. The average Bonchev–Trinajstić information content (AvgIpc) is 3.15. The van der Waals surface area contributed by atoms with Gasteiger partial charge in [-0.05, 0) is 32.1 Å². The Hall–Kier alpha value is -0.540. The summed E-state index contributed by atoms with van der Waals surface area (Å²) >= 11 is 1.68. The van der Waals surface area contributed by atoms with Crippen LogP contribution in [0.15, 0.2) is 11.6 Å². The fourth-order valence-corrected chi connectivity index (χ4v) is 5.98. The Morgan fingerprint density at radius 1 is 1.43 bits per heavy atom. The SMILES string of the molecule is O=S(=O)(N[C@H]1CCO[C@]2(CCN(Cc3nccs3)C2)C1)C1CC1. The van der Waals surface area contributed by atoms with Crippen LogP contribution in [-0.2, 0) is 21.3 Å². The van der Waals surface area contributed by atoms with E-state index in [0.717, 1.165) is 56.7 Å². The monoisotopic (exact) mass is 357 g/mol. The molecule has 2 aliphatic heterocycles. The number of sulfonamides is 1. The largest absolute Gasteiger partial charge is 0.373 e. The molecule has 128 valence electrons. The van der Waals surface area contributed by atoms with Crippen molar-refractivity contribution in [3.05, 3.63) is 16.6 Å². The van der Waals surface area contributed by atoms with Gasteiger partial charge in [-0.1, -0.05) is 0 Å². The van der Waals surface area contributed by atoms with E-state index in [4.69, 9.17) is 4.74 Å². The third-order valence-electron chi connectivity index (χ3n) is 5.02. The minimum Gasteiger partial charge on any atom is -0.373 e. The predicted molar refractivity (Wildman–Crippen MR) is 88.8 cm³/mol. The summed E-state index contributed by atoms with van der Waals surface area (Å²) < 4.78 is 33.4. The Morgan fingerprint density at radius 3 is 3.04 bits per heavy atom. The van der Waals surface area contributed by atoms with E-state index in [9.17, 15) is 8.42 Å². The lowest BCUT2D eigenvalue weighted by Crippen LogP contribution is -2.50. The molecule has 2 saturated heterocycles. The van der Waals surface area contributed by atoms with Gasteiger partial charge in [0.25, 0.3) is 0 Å². The maximum atomic E-state index is 12.2. The zero-order chi connectivity index (χ0) is 15.9. The minimum atomic E-state index is -3.11. The topological polar surface area (TPSA) is 71.5 Å². The molecule has 4 rings (SSSR count). The Bertz CT molecular complexity index is 645. The fourth-order valence-electron chi connectivity index (χ4n) is 3.70. The van der Waals surface area contributed by atoms with Crippen LogP contribution in [0.1, 0.15) is 37.1 Å². The van der Waals surface area contributed by atoms with E-state index >= 15 is 0 Å². The molecule has 3 fully saturated rings. The lowest BCUT2D eigenvalue weighted by Gasteiger charge is -2.38.